The van der Waals surface area contributed by atoms with Crippen molar-refractivity contribution in [1.82, 2.24) is 5.16 Å². The van der Waals surface area contributed by atoms with Crippen molar-refractivity contribution in [3.05, 3.63) is 70.7 Å². The average molecular weight is 482 g/mol. The highest BCUT2D eigenvalue weighted by atomic mass is 32.2. The van der Waals surface area contributed by atoms with Crippen molar-refractivity contribution in [2.24, 2.45) is 0 Å². The third-order valence-corrected chi connectivity index (χ3v) is 8.05. The van der Waals surface area contributed by atoms with Gasteiger partial charge in [-0.05, 0) is 67.3 Å². The van der Waals surface area contributed by atoms with Crippen LogP contribution in [-0.2, 0) is 17.6 Å². The van der Waals surface area contributed by atoms with Gasteiger partial charge in [-0.2, -0.15) is 0 Å². The molecule has 1 unspecified atom stereocenters. The van der Waals surface area contributed by atoms with Gasteiger partial charge in [0, 0.05) is 28.0 Å². The van der Waals surface area contributed by atoms with E-state index in [4.69, 9.17) is 9.26 Å². The van der Waals surface area contributed by atoms with Crippen molar-refractivity contribution in [1.29, 1.82) is 0 Å². The first-order valence-corrected chi connectivity index (χ1v) is 12.7. The van der Waals surface area contributed by atoms with Gasteiger partial charge < -0.3 is 14.4 Å². The van der Waals surface area contributed by atoms with Gasteiger partial charge in [0.2, 0.25) is 0 Å². The minimum Gasteiger partial charge on any atom is -0.497 e. The fraction of sp³-hybridized carbons (Fsp3) is 0.407. The van der Waals surface area contributed by atoms with Crippen molar-refractivity contribution in [3.63, 3.8) is 0 Å². The number of rotatable bonds is 11. The summed E-state index contributed by atoms with van der Waals surface area (Å²) in [4.78, 5) is 11.4. The van der Waals surface area contributed by atoms with E-state index in [9.17, 15) is 14.3 Å². The number of aryl methyl sites for hydroxylation is 2. The summed E-state index contributed by atoms with van der Waals surface area (Å²) < 4.78 is 25.7. The Kier molecular flexibility index (Phi) is 6.63. The molecule has 2 aliphatic carbocycles. The molecule has 2 saturated carbocycles. The Morgan fingerprint density at radius 3 is 2.74 bits per heavy atom. The van der Waals surface area contributed by atoms with Crippen LogP contribution in [0.4, 0.5) is 4.39 Å². The zero-order chi connectivity index (χ0) is 23.7. The van der Waals surface area contributed by atoms with E-state index in [1.54, 1.807) is 31.0 Å². The van der Waals surface area contributed by atoms with Gasteiger partial charge in [0.05, 0.1) is 13.5 Å². The lowest BCUT2D eigenvalue weighted by molar-refractivity contribution is -0.137. The maximum Gasteiger partial charge on any atom is 0.304 e. The molecule has 34 heavy (non-hydrogen) atoms. The quantitative estimate of drug-likeness (QED) is 0.334. The number of carbonyl (C=O) groups is 1. The summed E-state index contributed by atoms with van der Waals surface area (Å²) in [5.41, 5.74) is 4.20. The SMILES string of the molecule is COc1ccc(F)c(-c2noc(CCc3cccc(C(CC(=O)O)SC4CC4)c3)c2C2CC2)c1. The first-order valence-electron chi connectivity index (χ1n) is 11.8. The van der Waals surface area contributed by atoms with Gasteiger partial charge in [-0.1, -0.05) is 29.4 Å². The number of ether oxygens (including phenoxy) is 1. The van der Waals surface area contributed by atoms with E-state index < -0.39 is 5.97 Å². The molecular formula is C27H28FNO4S. The number of aromatic nitrogens is 1. The van der Waals surface area contributed by atoms with Gasteiger partial charge >= 0.3 is 5.97 Å². The number of carboxylic acid groups (broad SMARTS) is 1. The Hall–Kier alpha value is -2.80. The van der Waals surface area contributed by atoms with Crippen LogP contribution in [0, 0.1) is 5.82 Å². The number of nitrogens with zero attached hydrogens (tertiary/aromatic N) is 1. The molecule has 2 aromatic carbocycles. The molecule has 5 nitrogen and oxygen atoms in total. The molecule has 0 aliphatic heterocycles. The van der Waals surface area contributed by atoms with Gasteiger partial charge in [0.25, 0.3) is 0 Å². The number of thioether (sulfide) groups is 1. The van der Waals surface area contributed by atoms with E-state index in [1.165, 1.54) is 18.9 Å². The monoisotopic (exact) mass is 481 g/mol. The lowest BCUT2D eigenvalue weighted by Gasteiger charge is -2.16. The fourth-order valence-corrected chi connectivity index (χ4v) is 5.77. The maximum atomic E-state index is 14.6. The molecule has 5 rings (SSSR count). The molecule has 1 heterocycles. The molecule has 1 N–H and O–H groups in total. The number of hydrogen-bond donors (Lipinski definition) is 1. The van der Waals surface area contributed by atoms with Crippen molar-refractivity contribution in [2.75, 3.05) is 7.11 Å². The van der Waals surface area contributed by atoms with E-state index in [-0.39, 0.29) is 17.5 Å². The van der Waals surface area contributed by atoms with Gasteiger partial charge in [0.1, 0.15) is 23.0 Å². The Morgan fingerprint density at radius 2 is 2.03 bits per heavy atom. The summed E-state index contributed by atoms with van der Waals surface area (Å²) in [5, 5.41) is 14.2. The molecule has 2 aliphatic rings. The van der Waals surface area contributed by atoms with Crippen molar-refractivity contribution in [2.45, 2.75) is 61.4 Å². The van der Waals surface area contributed by atoms with Gasteiger partial charge in [0.15, 0.2) is 0 Å². The molecule has 0 amide bonds. The van der Waals surface area contributed by atoms with Crippen LogP contribution in [0.2, 0.25) is 0 Å². The zero-order valence-corrected chi connectivity index (χ0v) is 19.9. The highest BCUT2D eigenvalue weighted by Crippen LogP contribution is 2.47. The molecule has 0 saturated heterocycles. The highest BCUT2D eigenvalue weighted by Gasteiger charge is 2.34. The summed E-state index contributed by atoms with van der Waals surface area (Å²) in [5.74, 6) is 0.631. The van der Waals surface area contributed by atoms with Crippen LogP contribution in [0.25, 0.3) is 11.3 Å². The summed E-state index contributed by atoms with van der Waals surface area (Å²) in [6.45, 7) is 0. The summed E-state index contributed by atoms with van der Waals surface area (Å²) >= 11 is 1.78. The molecule has 178 valence electrons. The Balaban J connectivity index is 1.36. The number of benzene rings is 2. The minimum atomic E-state index is -0.767. The summed E-state index contributed by atoms with van der Waals surface area (Å²) in [6, 6.07) is 12.9. The highest BCUT2D eigenvalue weighted by molar-refractivity contribution is 8.00. The van der Waals surface area contributed by atoms with Crippen LogP contribution in [0.1, 0.15) is 65.7 Å². The molecule has 3 aromatic rings. The minimum absolute atomic E-state index is 0.0279. The second-order valence-corrected chi connectivity index (χ2v) is 10.7. The van der Waals surface area contributed by atoms with Crippen LogP contribution >= 0.6 is 11.8 Å². The molecular weight excluding hydrogens is 453 g/mol. The molecule has 0 spiro atoms. The zero-order valence-electron chi connectivity index (χ0n) is 19.1. The number of hydrogen-bond acceptors (Lipinski definition) is 5. The summed E-state index contributed by atoms with van der Waals surface area (Å²) in [6.07, 6.45) is 5.99. The molecule has 0 radical (unpaired) electrons. The standard InChI is InChI=1S/C27H28FNO4S/c1-32-19-8-11-22(28)21(14-19)27-26(17-6-7-17)23(33-29-27)12-5-16-3-2-4-18(13-16)24(15-25(30)31)34-20-9-10-20/h2-4,8,11,13-14,17,20,24H,5-7,9-10,12,15H2,1H3,(H,30,31). The van der Waals surface area contributed by atoms with Crippen molar-refractivity contribution >= 4 is 17.7 Å². The van der Waals surface area contributed by atoms with Crippen molar-refractivity contribution in [3.8, 4) is 17.0 Å². The molecule has 1 atom stereocenters. The van der Waals surface area contributed by atoms with Gasteiger partial charge in [-0.3, -0.25) is 4.79 Å². The van der Waals surface area contributed by atoms with E-state index >= 15 is 0 Å². The normalized spacial score (nSPS) is 16.4. The predicted octanol–water partition coefficient (Wildman–Crippen LogP) is 6.56. The van der Waals surface area contributed by atoms with E-state index in [0.29, 0.717) is 34.6 Å². The third-order valence-electron chi connectivity index (χ3n) is 6.42. The molecule has 1 aromatic heterocycles. The first kappa shape index (κ1) is 23.0. The number of halogens is 1. The molecule has 2 fully saturated rings. The number of carboxylic acids is 1. The van der Waals surface area contributed by atoms with E-state index in [2.05, 4.69) is 17.3 Å². The van der Waals surface area contributed by atoms with E-state index in [1.807, 2.05) is 12.1 Å². The van der Waals surface area contributed by atoms with Crippen LogP contribution < -0.4 is 4.74 Å². The van der Waals surface area contributed by atoms with Crippen LogP contribution in [0.3, 0.4) is 0 Å². The topological polar surface area (TPSA) is 72.6 Å². The second-order valence-electron chi connectivity index (χ2n) is 9.16. The Labute approximate surface area is 202 Å². The van der Waals surface area contributed by atoms with Crippen LogP contribution in [-0.4, -0.2) is 28.6 Å². The lowest BCUT2D eigenvalue weighted by Crippen LogP contribution is -2.05. The largest absolute Gasteiger partial charge is 0.497 e. The fourth-order valence-electron chi connectivity index (χ4n) is 4.36. The van der Waals surface area contributed by atoms with Gasteiger partial charge in [-0.15, -0.1) is 11.8 Å². The van der Waals surface area contributed by atoms with Crippen LogP contribution in [0.15, 0.2) is 47.0 Å². The average Bonchev–Trinajstić information content (AvgIpc) is 3.77. The van der Waals surface area contributed by atoms with Crippen LogP contribution in [0.5, 0.6) is 5.75 Å². The number of aliphatic carboxylic acids is 1. The predicted molar refractivity (Wildman–Crippen MR) is 130 cm³/mol. The van der Waals surface area contributed by atoms with E-state index in [0.717, 1.165) is 41.7 Å². The smallest absolute Gasteiger partial charge is 0.304 e. The molecule has 0 bridgehead atoms. The van der Waals surface area contributed by atoms with Gasteiger partial charge in [-0.25, -0.2) is 4.39 Å². The first-order chi connectivity index (χ1) is 16.5. The Morgan fingerprint density at radius 1 is 1.21 bits per heavy atom. The second kappa shape index (κ2) is 9.82. The number of methoxy groups -OCH3 is 1. The third kappa shape index (κ3) is 5.30. The summed E-state index contributed by atoms with van der Waals surface area (Å²) in [7, 11) is 1.56. The Bertz CT molecular complexity index is 1190. The molecule has 7 heteroatoms. The lowest BCUT2D eigenvalue weighted by atomic mass is 9.97. The maximum absolute atomic E-state index is 14.6. The van der Waals surface area contributed by atoms with Crippen molar-refractivity contribution < 1.29 is 23.6 Å².